The van der Waals surface area contributed by atoms with Crippen molar-refractivity contribution < 1.29 is 38.2 Å². The lowest BCUT2D eigenvalue weighted by Crippen LogP contribution is -2.50. The van der Waals surface area contributed by atoms with Gasteiger partial charge >= 0.3 is 17.9 Å². The summed E-state index contributed by atoms with van der Waals surface area (Å²) in [5.74, 6) is -1.62. The number of carbonyl (C=O) groups is 3. The summed E-state index contributed by atoms with van der Waals surface area (Å²) in [6, 6.07) is -0.631. The van der Waals surface area contributed by atoms with Crippen molar-refractivity contribution in [2.45, 2.75) is 193 Å². The summed E-state index contributed by atoms with van der Waals surface area (Å²) in [7, 11) is 5.49. The number of quaternary nitrogens is 1. The summed E-state index contributed by atoms with van der Waals surface area (Å²) in [5, 5.41) is 9.62. The lowest BCUT2D eigenvalue weighted by atomic mass is 10.0. The van der Waals surface area contributed by atoms with Crippen LogP contribution in [0.15, 0.2) is 60.8 Å². The Hall–Kier alpha value is -2.97. The van der Waals surface area contributed by atoms with Crippen LogP contribution in [0.25, 0.3) is 0 Å². The third kappa shape index (κ3) is 38.3. The maximum Gasteiger partial charge on any atom is 0.362 e. The van der Waals surface area contributed by atoms with E-state index in [2.05, 4.69) is 62.5 Å². The fourth-order valence-corrected chi connectivity index (χ4v) is 6.46. The minimum absolute atomic E-state index is 0.0212. The van der Waals surface area contributed by atoms with E-state index in [9.17, 15) is 19.5 Å². The van der Waals surface area contributed by atoms with Crippen LogP contribution in [0.5, 0.6) is 0 Å². The van der Waals surface area contributed by atoms with Crippen LogP contribution in [0, 0.1) is 0 Å². The predicted molar refractivity (Wildman–Crippen MR) is 238 cm³/mol. The quantitative estimate of drug-likeness (QED) is 0.0285. The summed E-state index contributed by atoms with van der Waals surface area (Å²) in [6.45, 7) is 4.52. The first-order chi connectivity index (χ1) is 27.6. The number of carboxylic acids is 1. The van der Waals surface area contributed by atoms with Crippen molar-refractivity contribution in [2.75, 3.05) is 41.0 Å². The minimum Gasteiger partial charge on any atom is -0.477 e. The van der Waals surface area contributed by atoms with E-state index in [-0.39, 0.29) is 36.7 Å². The Kier molecular flexibility index (Phi) is 37.8. The van der Waals surface area contributed by atoms with E-state index >= 15 is 0 Å². The van der Waals surface area contributed by atoms with E-state index in [1.807, 2.05) is 27.2 Å². The smallest absolute Gasteiger partial charge is 0.362 e. The third-order valence-corrected chi connectivity index (χ3v) is 9.96. The highest BCUT2D eigenvalue weighted by atomic mass is 16.6. The molecular formula is C49H86NO7+. The molecule has 0 bridgehead atoms. The summed E-state index contributed by atoms with van der Waals surface area (Å²) >= 11 is 0. The number of hydrogen-bond acceptors (Lipinski definition) is 6. The zero-order chi connectivity index (χ0) is 42.1. The molecule has 0 aliphatic heterocycles. The average Bonchev–Trinajstić information content (AvgIpc) is 3.17. The van der Waals surface area contributed by atoms with Crippen LogP contribution in [0.3, 0.4) is 0 Å². The highest BCUT2D eigenvalue weighted by molar-refractivity contribution is 5.72. The number of unbranched alkanes of at least 4 members (excludes halogenated alkanes) is 17. The molecule has 0 aliphatic carbocycles. The number of allylic oxidation sites excluding steroid dienone is 9. The second kappa shape index (κ2) is 39.8. The molecule has 8 heteroatoms. The van der Waals surface area contributed by atoms with Gasteiger partial charge in [0.1, 0.15) is 6.61 Å². The fourth-order valence-electron chi connectivity index (χ4n) is 6.46. The maximum absolute atomic E-state index is 12.7. The Morgan fingerprint density at radius 2 is 0.965 bits per heavy atom. The molecule has 0 aromatic rings. The number of nitrogens with zero attached hydrogens (tertiary/aromatic N) is 1. The molecule has 0 fully saturated rings. The van der Waals surface area contributed by atoms with Gasteiger partial charge in [-0.3, -0.25) is 9.59 Å². The van der Waals surface area contributed by atoms with E-state index in [0.29, 0.717) is 19.3 Å². The zero-order valence-corrected chi connectivity index (χ0v) is 37.3. The average molecular weight is 801 g/mol. The lowest BCUT2D eigenvalue weighted by molar-refractivity contribution is -0.887. The first-order valence-electron chi connectivity index (χ1n) is 22.8. The summed E-state index contributed by atoms with van der Waals surface area (Å²) in [4.78, 5) is 36.9. The molecule has 8 nitrogen and oxygen atoms in total. The van der Waals surface area contributed by atoms with Crippen molar-refractivity contribution in [1.29, 1.82) is 0 Å². The van der Waals surface area contributed by atoms with Crippen molar-refractivity contribution in [2.24, 2.45) is 0 Å². The fraction of sp³-hybridized carbons (Fsp3) is 0.735. The number of hydrogen-bond donors (Lipinski definition) is 1. The zero-order valence-electron chi connectivity index (χ0n) is 37.3. The van der Waals surface area contributed by atoms with Gasteiger partial charge in [-0.15, -0.1) is 0 Å². The van der Waals surface area contributed by atoms with Crippen molar-refractivity contribution >= 4 is 17.9 Å². The molecule has 2 atom stereocenters. The van der Waals surface area contributed by atoms with Gasteiger partial charge < -0.3 is 23.8 Å². The van der Waals surface area contributed by atoms with Crippen LogP contribution in [0.2, 0.25) is 0 Å². The summed E-state index contributed by atoms with van der Waals surface area (Å²) < 4.78 is 17.2. The molecule has 0 spiro atoms. The Balaban J connectivity index is 4.41. The van der Waals surface area contributed by atoms with E-state index in [4.69, 9.17) is 14.2 Å². The number of carbonyl (C=O) groups excluding carboxylic acids is 2. The van der Waals surface area contributed by atoms with Gasteiger partial charge in [0.2, 0.25) is 0 Å². The molecule has 0 heterocycles. The van der Waals surface area contributed by atoms with Crippen molar-refractivity contribution in [3.8, 4) is 0 Å². The monoisotopic (exact) mass is 801 g/mol. The topological polar surface area (TPSA) is 99.1 Å². The molecule has 328 valence electrons. The van der Waals surface area contributed by atoms with E-state index in [0.717, 1.165) is 44.9 Å². The molecular weight excluding hydrogens is 715 g/mol. The molecule has 2 unspecified atom stereocenters. The van der Waals surface area contributed by atoms with Crippen LogP contribution in [0.4, 0.5) is 0 Å². The van der Waals surface area contributed by atoms with Gasteiger partial charge in [-0.1, -0.05) is 184 Å². The molecule has 0 saturated heterocycles. The molecule has 0 amide bonds. The van der Waals surface area contributed by atoms with E-state index in [1.165, 1.54) is 96.3 Å². The van der Waals surface area contributed by atoms with Crippen LogP contribution in [0.1, 0.15) is 181 Å². The lowest BCUT2D eigenvalue weighted by Gasteiger charge is -2.31. The van der Waals surface area contributed by atoms with Gasteiger partial charge in [0, 0.05) is 12.8 Å². The van der Waals surface area contributed by atoms with Crippen LogP contribution in [-0.2, 0) is 28.6 Å². The first-order valence-corrected chi connectivity index (χ1v) is 22.8. The Morgan fingerprint density at radius 3 is 1.39 bits per heavy atom. The number of carboxylic acid groups (broad SMARTS) is 1. The van der Waals surface area contributed by atoms with Crippen molar-refractivity contribution in [1.82, 2.24) is 0 Å². The predicted octanol–water partition coefficient (Wildman–Crippen LogP) is 12.6. The number of esters is 2. The molecule has 0 aromatic carbocycles. The molecule has 0 saturated carbocycles. The largest absolute Gasteiger partial charge is 0.477 e. The van der Waals surface area contributed by atoms with E-state index in [1.54, 1.807) is 6.08 Å². The first kappa shape index (κ1) is 54.0. The molecule has 0 rings (SSSR count). The molecule has 0 aromatic heterocycles. The molecule has 0 radical (unpaired) electrons. The van der Waals surface area contributed by atoms with Gasteiger partial charge in [0.15, 0.2) is 12.1 Å². The molecule has 57 heavy (non-hydrogen) atoms. The van der Waals surface area contributed by atoms with Crippen molar-refractivity contribution in [3.05, 3.63) is 60.8 Å². The highest BCUT2D eigenvalue weighted by Crippen LogP contribution is 2.15. The third-order valence-electron chi connectivity index (χ3n) is 9.96. The van der Waals surface area contributed by atoms with Gasteiger partial charge in [-0.05, 0) is 38.5 Å². The number of aliphatic carboxylic acids is 1. The summed E-state index contributed by atoms with van der Waals surface area (Å²) in [5.41, 5.74) is 0. The van der Waals surface area contributed by atoms with Gasteiger partial charge in [0.05, 0.1) is 40.8 Å². The molecule has 0 aliphatic rings. The normalized spacial score (nSPS) is 13.5. The minimum atomic E-state index is -0.889. The second-order valence-electron chi connectivity index (χ2n) is 16.3. The van der Waals surface area contributed by atoms with Crippen molar-refractivity contribution in [3.63, 3.8) is 0 Å². The van der Waals surface area contributed by atoms with Gasteiger partial charge in [0.25, 0.3) is 0 Å². The SMILES string of the molecule is CC/C=C\C/C=C\C/C=C\C/C=C\C/C=C\CC(=O)OC(COCCC(C(=O)O)[N+](C)(C)C)COC(=O)CCCCCCCCCCCCCCCCCCCC. The maximum atomic E-state index is 12.7. The van der Waals surface area contributed by atoms with Crippen LogP contribution < -0.4 is 0 Å². The van der Waals surface area contributed by atoms with Gasteiger partial charge in [-0.25, -0.2) is 4.79 Å². The Morgan fingerprint density at radius 1 is 0.544 bits per heavy atom. The molecule has 1 N–H and O–H groups in total. The number of likely N-dealkylation sites (N-methyl/N-ethyl adjacent to an activating group) is 1. The van der Waals surface area contributed by atoms with E-state index < -0.39 is 24.1 Å². The van der Waals surface area contributed by atoms with Crippen LogP contribution >= 0.6 is 0 Å². The Labute approximate surface area is 349 Å². The summed E-state index contributed by atoms with van der Waals surface area (Å²) in [6.07, 6.45) is 48.7. The van der Waals surface area contributed by atoms with Gasteiger partial charge in [-0.2, -0.15) is 0 Å². The second-order valence-corrected chi connectivity index (χ2v) is 16.3. The highest BCUT2D eigenvalue weighted by Gasteiger charge is 2.31. The standard InChI is InChI=1S/C49H85NO7/c1-6-8-10-12-14-16-18-20-22-23-24-26-27-29-31-33-35-37-39-47(51)56-44-45(43-55-42-41-46(49(53)54)50(3,4)5)57-48(52)40-38-36-34-32-30-28-25-21-19-17-15-13-11-9-7-2/h9,11,15,17,21,25,30,32,36,38,45-46H,6-8,10,12-14,16,18-20,22-24,26-29,31,33-35,37,39-44H2,1-5H3/p+1/b11-9-,17-15-,25-21-,32-30-,38-36-. The number of rotatable bonds is 40. The number of ether oxygens (including phenoxy) is 3. The van der Waals surface area contributed by atoms with Crippen LogP contribution in [-0.4, -0.2) is 80.6 Å². The Bertz CT molecular complexity index is 1120.